The van der Waals surface area contributed by atoms with Crippen LogP contribution in [0, 0.1) is 0 Å². The first-order valence-electron chi connectivity index (χ1n) is 11.8. The molecule has 3 aromatic rings. The number of hydrogen-bond acceptors (Lipinski definition) is 5. The van der Waals surface area contributed by atoms with Crippen molar-refractivity contribution in [2.75, 3.05) is 18.4 Å². The monoisotopic (exact) mass is 515 g/mol. The maximum Gasteiger partial charge on any atom is 0.416 e. The summed E-state index contributed by atoms with van der Waals surface area (Å²) in [4.78, 5) is 40.9. The van der Waals surface area contributed by atoms with Gasteiger partial charge in [0.25, 0.3) is 11.5 Å². The number of nitrogens with one attached hydrogen (secondary N) is 2. The standard InChI is InChI=1S/C26H28F3N5O3/c1-2-3-4-12-31-25-33-21(18-8-10-20(11-9-18)26(27,28)29)14-23(36)34(25)16-17-6-5-7-19(13-17)24(37)32-15-22(30)35/h5-11,13-14H,2-4,12,15-16H2,1H3,(H2,30,35)(H,31,33)(H,32,37). The van der Waals surface area contributed by atoms with Crippen molar-refractivity contribution in [1.82, 2.24) is 14.9 Å². The van der Waals surface area contributed by atoms with Crippen molar-refractivity contribution in [3.05, 3.63) is 81.6 Å². The Morgan fingerprint density at radius 3 is 2.43 bits per heavy atom. The molecule has 1 heterocycles. The number of amides is 2. The Morgan fingerprint density at radius 1 is 1.05 bits per heavy atom. The lowest BCUT2D eigenvalue weighted by Gasteiger charge is -2.16. The fourth-order valence-electron chi connectivity index (χ4n) is 3.61. The molecule has 0 aliphatic heterocycles. The van der Waals surface area contributed by atoms with Gasteiger partial charge in [-0.15, -0.1) is 0 Å². The van der Waals surface area contributed by atoms with Crippen LogP contribution in [0.25, 0.3) is 11.3 Å². The van der Waals surface area contributed by atoms with Gasteiger partial charge in [-0.05, 0) is 36.2 Å². The number of unbranched alkanes of at least 4 members (excludes halogenated alkanes) is 2. The average Bonchev–Trinajstić information content (AvgIpc) is 2.86. The van der Waals surface area contributed by atoms with E-state index in [4.69, 9.17) is 5.73 Å². The fraction of sp³-hybridized carbons (Fsp3) is 0.308. The van der Waals surface area contributed by atoms with Crippen LogP contribution in [0.15, 0.2) is 59.4 Å². The summed E-state index contributed by atoms with van der Waals surface area (Å²) in [5, 5.41) is 5.58. The van der Waals surface area contributed by atoms with Crippen LogP contribution in [-0.4, -0.2) is 34.5 Å². The number of carbonyl (C=O) groups excluding carboxylic acids is 2. The maximum absolute atomic E-state index is 13.1. The molecule has 0 aliphatic rings. The molecule has 0 bridgehead atoms. The van der Waals surface area contributed by atoms with E-state index >= 15 is 0 Å². The van der Waals surface area contributed by atoms with Crippen molar-refractivity contribution in [1.29, 1.82) is 0 Å². The Kier molecular flexibility index (Phi) is 9.05. The van der Waals surface area contributed by atoms with E-state index in [-0.39, 0.29) is 24.7 Å². The quantitative estimate of drug-likeness (QED) is 0.336. The van der Waals surface area contributed by atoms with E-state index in [0.717, 1.165) is 31.4 Å². The van der Waals surface area contributed by atoms with Gasteiger partial charge in [0, 0.05) is 23.7 Å². The SMILES string of the molecule is CCCCCNc1nc(-c2ccc(C(F)(F)F)cc2)cc(=O)n1Cc1cccc(C(=O)NCC(N)=O)c1. The van der Waals surface area contributed by atoms with Crippen LogP contribution in [0.3, 0.4) is 0 Å². The number of halogens is 3. The Labute approximate surface area is 211 Å². The van der Waals surface area contributed by atoms with Gasteiger partial charge in [-0.3, -0.25) is 19.0 Å². The normalized spacial score (nSPS) is 11.2. The third kappa shape index (κ3) is 7.66. The molecule has 3 rings (SSSR count). The van der Waals surface area contributed by atoms with E-state index in [1.165, 1.54) is 22.8 Å². The molecular weight excluding hydrogens is 487 g/mol. The number of hydrogen-bond donors (Lipinski definition) is 3. The molecule has 2 aromatic carbocycles. The molecule has 0 unspecified atom stereocenters. The molecule has 196 valence electrons. The molecule has 0 atom stereocenters. The summed E-state index contributed by atoms with van der Waals surface area (Å²) in [5.41, 5.74) is 5.41. The van der Waals surface area contributed by atoms with E-state index in [1.54, 1.807) is 24.3 Å². The Bertz CT molecular complexity index is 1300. The first-order chi connectivity index (χ1) is 17.6. The third-order valence-corrected chi connectivity index (χ3v) is 5.53. The van der Waals surface area contributed by atoms with Crippen LogP contribution in [0.4, 0.5) is 19.1 Å². The number of carbonyl (C=O) groups is 2. The summed E-state index contributed by atoms with van der Waals surface area (Å²) in [5.74, 6) is -0.891. The number of alkyl halides is 3. The molecule has 0 spiro atoms. The first kappa shape index (κ1) is 27.4. The number of primary amides is 1. The summed E-state index contributed by atoms with van der Waals surface area (Å²) in [7, 11) is 0. The second kappa shape index (κ2) is 12.2. The Balaban J connectivity index is 1.92. The predicted molar refractivity (Wildman–Crippen MR) is 134 cm³/mol. The predicted octanol–water partition coefficient (Wildman–Crippen LogP) is 3.79. The van der Waals surface area contributed by atoms with Crippen LogP contribution in [-0.2, 0) is 17.5 Å². The van der Waals surface area contributed by atoms with Crippen molar-refractivity contribution in [2.24, 2.45) is 5.73 Å². The molecule has 0 fully saturated rings. The maximum atomic E-state index is 13.1. The van der Waals surface area contributed by atoms with E-state index in [9.17, 15) is 27.6 Å². The van der Waals surface area contributed by atoms with Gasteiger partial charge in [0.15, 0.2) is 0 Å². The molecule has 0 aliphatic carbocycles. The lowest BCUT2D eigenvalue weighted by atomic mass is 10.1. The summed E-state index contributed by atoms with van der Waals surface area (Å²) >= 11 is 0. The molecule has 0 saturated carbocycles. The van der Waals surface area contributed by atoms with E-state index < -0.39 is 29.1 Å². The zero-order chi connectivity index (χ0) is 27.0. The fourth-order valence-corrected chi connectivity index (χ4v) is 3.61. The van der Waals surface area contributed by atoms with Gasteiger partial charge in [-0.25, -0.2) is 4.98 Å². The highest BCUT2D eigenvalue weighted by atomic mass is 19.4. The third-order valence-electron chi connectivity index (χ3n) is 5.53. The van der Waals surface area contributed by atoms with Gasteiger partial charge in [0.2, 0.25) is 11.9 Å². The van der Waals surface area contributed by atoms with Crippen LogP contribution in [0.5, 0.6) is 0 Å². The summed E-state index contributed by atoms with van der Waals surface area (Å²) in [6.45, 7) is 2.40. The highest BCUT2D eigenvalue weighted by Crippen LogP contribution is 2.30. The highest BCUT2D eigenvalue weighted by Gasteiger charge is 2.30. The van der Waals surface area contributed by atoms with Crippen LogP contribution >= 0.6 is 0 Å². The van der Waals surface area contributed by atoms with Gasteiger partial charge in [0.1, 0.15) is 0 Å². The van der Waals surface area contributed by atoms with Crippen molar-refractivity contribution in [3.63, 3.8) is 0 Å². The zero-order valence-electron chi connectivity index (χ0n) is 20.3. The number of benzene rings is 2. The summed E-state index contributed by atoms with van der Waals surface area (Å²) in [6.07, 6.45) is -1.66. The molecule has 11 heteroatoms. The average molecular weight is 516 g/mol. The summed E-state index contributed by atoms with van der Waals surface area (Å²) in [6, 6.07) is 12.3. The van der Waals surface area contributed by atoms with E-state index in [0.29, 0.717) is 23.2 Å². The van der Waals surface area contributed by atoms with Gasteiger partial charge >= 0.3 is 6.18 Å². The van der Waals surface area contributed by atoms with Crippen molar-refractivity contribution >= 4 is 17.8 Å². The van der Waals surface area contributed by atoms with Crippen LogP contribution in [0.1, 0.15) is 47.7 Å². The first-order valence-corrected chi connectivity index (χ1v) is 11.8. The lowest BCUT2D eigenvalue weighted by Crippen LogP contribution is -2.33. The topological polar surface area (TPSA) is 119 Å². The molecule has 4 N–H and O–H groups in total. The minimum absolute atomic E-state index is 0.0895. The molecule has 37 heavy (non-hydrogen) atoms. The highest BCUT2D eigenvalue weighted by molar-refractivity contribution is 5.96. The molecule has 0 radical (unpaired) electrons. The summed E-state index contributed by atoms with van der Waals surface area (Å²) < 4.78 is 40.2. The minimum atomic E-state index is -4.47. The molecule has 1 aromatic heterocycles. The van der Waals surface area contributed by atoms with Crippen molar-refractivity contribution in [3.8, 4) is 11.3 Å². The second-order valence-electron chi connectivity index (χ2n) is 8.45. The van der Waals surface area contributed by atoms with Crippen molar-refractivity contribution < 1.29 is 22.8 Å². The van der Waals surface area contributed by atoms with Gasteiger partial charge < -0.3 is 16.4 Å². The second-order valence-corrected chi connectivity index (χ2v) is 8.45. The van der Waals surface area contributed by atoms with Crippen LogP contribution < -0.4 is 21.9 Å². The number of aromatic nitrogens is 2. The largest absolute Gasteiger partial charge is 0.416 e. The molecule has 8 nitrogen and oxygen atoms in total. The number of nitrogens with two attached hydrogens (primary N) is 1. The Morgan fingerprint density at radius 2 is 1.78 bits per heavy atom. The molecular formula is C26H28F3N5O3. The molecule has 2 amide bonds. The number of nitrogens with zero attached hydrogens (tertiary/aromatic N) is 2. The zero-order valence-corrected chi connectivity index (χ0v) is 20.3. The minimum Gasteiger partial charge on any atom is -0.368 e. The van der Waals surface area contributed by atoms with Gasteiger partial charge in [-0.2, -0.15) is 13.2 Å². The number of anilines is 1. The van der Waals surface area contributed by atoms with Crippen LogP contribution in [0.2, 0.25) is 0 Å². The smallest absolute Gasteiger partial charge is 0.368 e. The van der Waals surface area contributed by atoms with Crippen molar-refractivity contribution in [2.45, 2.75) is 38.9 Å². The van der Waals surface area contributed by atoms with E-state index in [1.807, 2.05) is 0 Å². The van der Waals surface area contributed by atoms with E-state index in [2.05, 4.69) is 22.5 Å². The Hall–Kier alpha value is -4.15. The molecule has 0 saturated heterocycles. The lowest BCUT2D eigenvalue weighted by molar-refractivity contribution is -0.137. The number of rotatable bonds is 11. The van der Waals surface area contributed by atoms with Gasteiger partial charge in [-0.1, -0.05) is 44.0 Å². The van der Waals surface area contributed by atoms with Gasteiger partial charge in [0.05, 0.1) is 24.3 Å².